The van der Waals surface area contributed by atoms with Crippen LogP contribution in [0.4, 0.5) is 13.2 Å². The Morgan fingerprint density at radius 1 is 1.00 bits per heavy atom. The highest BCUT2D eigenvalue weighted by Gasteiger charge is 2.11. The summed E-state index contributed by atoms with van der Waals surface area (Å²) in [5, 5.41) is 8.48. The minimum absolute atomic E-state index is 0.00240. The highest BCUT2D eigenvalue weighted by molar-refractivity contribution is 5.64. The maximum absolute atomic E-state index is 13.6. The van der Waals surface area contributed by atoms with E-state index in [0.29, 0.717) is 0 Å². The lowest BCUT2D eigenvalue weighted by Gasteiger charge is -2.06. The van der Waals surface area contributed by atoms with Crippen LogP contribution in [-0.2, 0) is 6.42 Å². The maximum atomic E-state index is 13.6. The molecule has 0 aliphatic heterocycles. The van der Waals surface area contributed by atoms with Crippen molar-refractivity contribution in [2.45, 2.75) is 6.42 Å². The number of halogens is 3. The summed E-state index contributed by atoms with van der Waals surface area (Å²) in [6, 6.07) is 9.53. The normalized spacial score (nSPS) is 10.1. The van der Waals surface area contributed by atoms with Crippen molar-refractivity contribution in [3.63, 3.8) is 0 Å². The summed E-state index contributed by atoms with van der Waals surface area (Å²) in [5.41, 5.74) is 0.474. The molecule has 1 nitrogen and oxygen atoms in total. The first-order valence-corrected chi connectivity index (χ1v) is 5.23. The smallest absolute Gasteiger partial charge is 0.166 e. The summed E-state index contributed by atoms with van der Waals surface area (Å²) in [6.45, 7) is 0. The van der Waals surface area contributed by atoms with Crippen LogP contribution in [0.15, 0.2) is 36.4 Å². The molecule has 0 fully saturated rings. The van der Waals surface area contributed by atoms with Gasteiger partial charge >= 0.3 is 0 Å². The lowest BCUT2D eigenvalue weighted by atomic mass is 10.0. The highest BCUT2D eigenvalue weighted by atomic mass is 19.2. The van der Waals surface area contributed by atoms with Crippen LogP contribution >= 0.6 is 0 Å². The molecule has 0 radical (unpaired) electrons. The average Bonchev–Trinajstić information content (AvgIpc) is 2.35. The minimum Gasteiger partial charge on any atom is -0.207 e. The summed E-state index contributed by atoms with van der Waals surface area (Å²) in [7, 11) is 0. The third kappa shape index (κ3) is 2.21. The van der Waals surface area contributed by atoms with Crippen molar-refractivity contribution in [1.29, 1.82) is 5.26 Å². The van der Waals surface area contributed by atoms with Crippen molar-refractivity contribution in [1.82, 2.24) is 0 Å². The van der Waals surface area contributed by atoms with Crippen LogP contribution < -0.4 is 0 Å². The summed E-state index contributed by atoms with van der Waals surface area (Å²) in [6.07, 6.45) is -0.0578. The van der Waals surface area contributed by atoms with E-state index < -0.39 is 17.5 Å². The molecule has 2 aromatic carbocycles. The Morgan fingerprint density at radius 3 is 2.44 bits per heavy atom. The molecule has 18 heavy (non-hydrogen) atoms. The third-order valence-corrected chi connectivity index (χ3v) is 2.59. The molecule has 2 aromatic rings. The van der Waals surface area contributed by atoms with Gasteiger partial charge in [-0.2, -0.15) is 5.26 Å². The second kappa shape index (κ2) is 4.92. The molecule has 0 aromatic heterocycles. The maximum Gasteiger partial charge on any atom is 0.166 e. The van der Waals surface area contributed by atoms with Gasteiger partial charge in [0, 0.05) is 11.1 Å². The number of nitriles is 1. The SMILES string of the molecule is N#CCc1ccc(-c2cccc(F)c2F)cc1F. The van der Waals surface area contributed by atoms with Crippen molar-refractivity contribution < 1.29 is 13.2 Å². The Kier molecular flexibility index (Phi) is 3.33. The molecule has 0 N–H and O–H groups in total. The lowest BCUT2D eigenvalue weighted by Crippen LogP contribution is -1.93. The van der Waals surface area contributed by atoms with E-state index in [1.54, 1.807) is 0 Å². The van der Waals surface area contributed by atoms with E-state index in [0.717, 1.165) is 12.1 Å². The van der Waals surface area contributed by atoms with Crippen molar-refractivity contribution in [2.24, 2.45) is 0 Å². The standard InChI is InChI=1S/C14H8F3N/c15-12-3-1-2-11(14(12)17)10-5-4-9(6-7-18)13(16)8-10/h1-5,8H,6H2. The fraction of sp³-hybridized carbons (Fsp3) is 0.0714. The van der Waals surface area contributed by atoms with E-state index in [1.165, 1.54) is 24.3 Å². The quantitative estimate of drug-likeness (QED) is 0.791. The summed E-state index contributed by atoms with van der Waals surface area (Å²) in [4.78, 5) is 0. The van der Waals surface area contributed by atoms with Crippen LogP contribution in [0.1, 0.15) is 5.56 Å². The third-order valence-electron chi connectivity index (χ3n) is 2.59. The van der Waals surface area contributed by atoms with Crippen molar-refractivity contribution in [3.05, 3.63) is 59.4 Å². The van der Waals surface area contributed by atoms with Gasteiger partial charge in [0.05, 0.1) is 12.5 Å². The summed E-state index contributed by atoms with van der Waals surface area (Å²) in [5.74, 6) is -2.59. The molecule has 0 aliphatic rings. The number of rotatable bonds is 2. The van der Waals surface area contributed by atoms with E-state index >= 15 is 0 Å². The second-order valence-electron chi connectivity index (χ2n) is 3.74. The lowest BCUT2D eigenvalue weighted by molar-refractivity contribution is 0.511. The Bertz CT molecular complexity index is 629. The molecule has 0 saturated carbocycles. The van der Waals surface area contributed by atoms with E-state index in [4.69, 9.17) is 5.26 Å². The molecule has 4 heteroatoms. The fourth-order valence-corrected chi connectivity index (χ4v) is 1.67. The Morgan fingerprint density at radius 2 is 1.78 bits per heavy atom. The van der Waals surface area contributed by atoms with E-state index in [-0.39, 0.29) is 23.1 Å². The molecule has 90 valence electrons. The van der Waals surface area contributed by atoms with Crippen LogP contribution in [0.3, 0.4) is 0 Å². The van der Waals surface area contributed by atoms with Crippen LogP contribution in [0.2, 0.25) is 0 Å². The monoisotopic (exact) mass is 247 g/mol. The second-order valence-corrected chi connectivity index (χ2v) is 3.74. The molecular formula is C14H8F3N. The molecule has 0 saturated heterocycles. The first-order valence-electron chi connectivity index (χ1n) is 5.23. The fourth-order valence-electron chi connectivity index (χ4n) is 1.67. The van der Waals surface area contributed by atoms with Crippen LogP contribution in [-0.4, -0.2) is 0 Å². The van der Waals surface area contributed by atoms with Gasteiger partial charge in [-0.1, -0.05) is 24.3 Å². The number of benzene rings is 2. The Labute approximate surface area is 102 Å². The molecule has 0 unspecified atom stereocenters. The van der Waals surface area contributed by atoms with Gasteiger partial charge in [-0.15, -0.1) is 0 Å². The first-order chi connectivity index (χ1) is 8.63. The van der Waals surface area contributed by atoms with E-state index in [1.807, 2.05) is 6.07 Å². The van der Waals surface area contributed by atoms with Gasteiger partial charge in [0.15, 0.2) is 11.6 Å². The van der Waals surface area contributed by atoms with Crippen molar-refractivity contribution in [2.75, 3.05) is 0 Å². The van der Waals surface area contributed by atoms with E-state index in [2.05, 4.69) is 0 Å². The van der Waals surface area contributed by atoms with Gasteiger partial charge in [-0.3, -0.25) is 0 Å². The van der Waals surface area contributed by atoms with Gasteiger partial charge in [-0.05, 0) is 17.7 Å². The van der Waals surface area contributed by atoms with Gasteiger partial charge in [-0.25, -0.2) is 13.2 Å². The molecule has 0 amide bonds. The van der Waals surface area contributed by atoms with Crippen molar-refractivity contribution in [3.8, 4) is 17.2 Å². The van der Waals surface area contributed by atoms with Gasteiger partial charge in [0.25, 0.3) is 0 Å². The molecule has 2 rings (SSSR count). The zero-order chi connectivity index (χ0) is 13.1. The molecule has 0 spiro atoms. The molecule has 0 heterocycles. The highest BCUT2D eigenvalue weighted by Crippen LogP contribution is 2.26. The average molecular weight is 247 g/mol. The van der Waals surface area contributed by atoms with E-state index in [9.17, 15) is 13.2 Å². The molecule has 0 bridgehead atoms. The Balaban J connectivity index is 2.50. The van der Waals surface area contributed by atoms with Gasteiger partial charge in [0.1, 0.15) is 5.82 Å². The molecule has 0 aliphatic carbocycles. The zero-order valence-electron chi connectivity index (χ0n) is 9.25. The predicted octanol–water partition coefficient (Wildman–Crippen LogP) is 3.84. The van der Waals surface area contributed by atoms with Gasteiger partial charge < -0.3 is 0 Å². The molecular weight excluding hydrogens is 239 g/mol. The van der Waals surface area contributed by atoms with Crippen LogP contribution in [0.5, 0.6) is 0 Å². The number of hydrogen-bond acceptors (Lipinski definition) is 1. The van der Waals surface area contributed by atoms with Gasteiger partial charge in [0.2, 0.25) is 0 Å². The Hall–Kier alpha value is -2.28. The predicted molar refractivity (Wildman–Crippen MR) is 61.1 cm³/mol. The van der Waals surface area contributed by atoms with Crippen LogP contribution in [0.25, 0.3) is 11.1 Å². The topological polar surface area (TPSA) is 23.8 Å². The van der Waals surface area contributed by atoms with Crippen molar-refractivity contribution >= 4 is 0 Å². The zero-order valence-corrected chi connectivity index (χ0v) is 9.25. The summed E-state index contributed by atoms with van der Waals surface area (Å²) < 4.78 is 40.2. The molecule has 0 atom stereocenters. The van der Waals surface area contributed by atoms with Crippen LogP contribution in [0, 0.1) is 28.8 Å². The first kappa shape index (κ1) is 12.2. The largest absolute Gasteiger partial charge is 0.207 e. The number of hydrogen-bond donors (Lipinski definition) is 0. The summed E-state index contributed by atoms with van der Waals surface area (Å²) >= 11 is 0. The number of nitrogens with zero attached hydrogens (tertiary/aromatic N) is 1. The minimum atomic E-state index is -1.01.